The maximum atomic E-state index is 11.6. The van der Waals surface area contributed by atoms with Gasteiger partial charge in [0.2, 0.25) is 0 Å². The highest BCUT2D eigenvalue weighted by molar-refractivity contribution is 5.95. The number of rotatable bonds is 5. The molecule has 0 spiro atoms. The molecule has 0 radical (unpaired) electrons. The van der Waals surface area contributed by atoms with Gasteiger partial charge in [-0.15, -0.1) is 0 Å². The molecule has 0 aliphatic heterocycles. The first-order chi connectivity index (χ1) is 11.7. The summed E-state index contributed by atoms with van der Waals surface area (Å²) in [6, 6.07) is 6.96. The van der Waals surface area contributed by atoms with E-state index in [0.717, 1.165) is 16.8 Å². The number of H-pyrrole nitrogens is 1. The summed E-state index contributed by atoms with van der Waals surface area (Å²) in [6.07, 6.45) is 5.02. The van der Waals surface area contributed by atoms with Gasteiger partial charge in [-0.05, 0) is 29.8 Å². The van der Waals surface area contributed by atoms with Crippen LogP contribution in [-0.2, 0) is 0 Å². The topological polar surface area (TPSA) is 97.3 Å². The van der Waals surface area contributed by atoms with Gasteiger partial charge in [-0.1, -0.05) is 0 Å². The second kappa shape index (κ2) is 6.41. The van der Waals surface area contributed by atoms with Crippen molar-refractivity contribution in [3.8, 4) is 33.9 Å². The second-order valence-electron chi connectivity index (χ2n) is 4.96. The first-order valence-corrected chi connectivity index (χ1v) is 7.09. The fourth-order valence-corrected chi connectivity index (χ4v) is 2.51. The van der Waals surface area contributed by atoms with E-state index in [-0.39, 0.29) is 11.3 Å². The number of nitrogens with zero attached hydrogens (tertiary/aromatic N) is 2. The average molecular weight is 325 g/mol. The van der Waals surface area contributed by atoms with Crippen LogP contribution in [0.2, 0.25) is 0 Å². The number of pyridine rings is 1. The molecule has 0 atom stereocenters. The highest BCUT2D eigenvalue weighted by atomic mass is 16.5. The fraction of sp³-hybridized carbons (Fsp3) is 0.118. The van der Waals surface area contributed by atoms with Gasteiger partial charge < -0.3 is 14.6 Å². The van der Waals surface area contributed by atoms with Gasteiger partial charge in [-0.3, -0.25) is 10.1 Å². The molecule has 0 amide bonds. The van der Waals surface area contributed by atoms with Crippen molar-refractivity contribution >= 4 is 5.97 Å². The summed E-state index contributed by atoms with van der Waals surface area (Å²) >= 11 is 0. The van der Waals surface area contributed by atoms with Crippen molar-refractivity contribution in [1.29, 1.82) is 0 Å². The Hall–Kier alpha value is -3.35. The van der Waals surface area contributed by atoms with Crippen LogP contribution in [0, 0.1) is 0 Å². The number of carboxylic acids is 1. The molecule has 1 aromatic carbocycles. The lowest BCUT2D eigenvalue weighted by Gasteiger charge is -2.13. The third-order valence-electron chi connectivity index (χ3n) is 3.61. The Bertz CT molecular complexity index is 875. The lowest BCUT2D eigenvalue weighted by atomic mass is 9.99. The number of hydrogen-bond donors (Lipinski definition) is 2. The van der Waals surface area contributed by atoms with Crippen molar-refractivity contribution in [2.24, 2.45) is 0 Å². The monoisotopic (exact) mass is 325 g/mol. The zero-order valence-corrected chi connectivity index (χ0v) is 13.1. The lowest BCUT2D eigenvalue weighted by molar-refractivity contribution is 0.0692. The van der Waals surface area contributed by atoms with Crippen molar-refractivity contribution in [2.75, 3.05) is 14.2 Å². The van der Waals surface area contributed by atoms with Crippen molar-refractivity contribution in [3.63, 3.8) is 0 Å². The van der Waals surface area contributed by atoms with Crippen LogP contribution < -0.4 is 9.47 Å². The molecule has 0 aliphatic carbocycles. The van der Waals surface area contributed by atoms with Gasteiger partial charge >= 0.3 is 5.97 Å². The van der Waals surface area contributed by atoms with Gasteiger partial charge in [0, 0.05) is 23.5 Å². The first-order valence-electron chi connectivity index (χ1n) is 7.09. The molecule has 0 saturated heterocycles. The van der Waals surface area contributed by atoms with E-state index in [4.69, 9.17) is 9.47 Å². The molecule has 7 heteroatoms. The molecule has 3 rings (SSSR count). The van der Waals surface area contributed by atoms with E-state index < -0.39 is 5.97 Å². The average Bonchev–Trinajstić information content (AvgIpc) is 3.10. The van der Waals surface area contributed by atoms with Crippen LogP contribution in [0.25, 0.3) is 22.4 Å². The van der Waals surface area contributed by atoms with E-state index in [0.29, 0.717) is 11.3 Å². The summed E-state index contributed by atoms with van der Waals surface area (Å²) in [5, 5.41) is 16.5. The summed E-state index contributed by atoms with van der Waals surface area (Å²) in [6.45, 7) is 0. The predicted molar refractivity (Wildman–Crippen MR) is 87.3 cm³/mol. The molecule has 0 unspecified atom stereocenters. The summed E-state index contributed by atoms with van der Waals surface area (Å²) < 4.78 is 10.5. The quantitative estimate of drug-likeness (QED) is 0.748. The Morgan fingerprint density at radius 1 is 1.17 bits per heavy atom. The van der Waals surface area contributed by atoms with Crippen LogP contribution in [-0.4, -0.2) is 40.5 Å². The van der Waals surface area contributed by atoms with Crippen LogP contribution in [0.4, 0.5) is 0 Å². The van der Waals surface area contributed by atoms with Crippen molar-refractivity contribution in [1.82, 2.24) is 15.2 Å². The smallest absolute Gasteiger partial charge is 0.339 e. The van der Waals surface area contributed by atoms with Crippen molar-refractivity contribution in [3.05, 3.63) is 48.4 Å². The molecule has 0 aliphatic rings. The Balaban J connectivity index is 2.20. The minimum Gasteiger partial charge on any atom is -0.493 e. The number of hydrogen-bond acceptors (Lipinski definition) is 5. The van der Waals surface area contributed by atoms with Gasteiger partial charge in [0.25, 0.3) is 0 Å². The minimum absolute atomic E-state index is 0.0187. The van der Waals surface area contributed by atoms with E-state index in [2.05, 4.69) is 15.2 Å². The number of carbonyl (C=O) groups is 1. The number of aromatic carboxylic acids is 1. The number of benzene rings is 1. The maximum absolute atomic E-state index is 11.6. The number of aromatic amines is 1. The minimum atomic E-state index is -1.10. The number of carboxylic acid groups (broad SMARTS) is 1. The summed E-state index contributed by atoms with van der Waals surface area (Å²) in [7, 11) is 2.87. The number of aromatic nitrogens is 3. The molecular weight excluding hydrogens is 310 g/mol. The molecular formula is C17H15N3O4. The van der Waals surface area contributed by atoms with E-state index in [1.54, 1.807) is 24.7 Å². The molecule has 7 nitrogen and oxygen atoms in total. The van der Waals surface area contributed by atoms with Gasteiger partial charge in [0.05, 0.1) is 26.1 Å². The molecule has 122 valence electrons. The normalized spacial score (nSPS) is 10.4. The number of ether oxygens (including phenoxy) is 2. The Morgan fingerprint density at radius 3 is 2.62 bits per heavy atom. The Labute approximate surface area is 137 Å². The molecule has 2 aromatic heterocycles. The Kier molecular flexibility index (Phi) is 4.15. The fourth-order valence-electron chi connectivity index (χ4n) is 2.51. The zero-order valence-electron chi connectivity index (χ0n) is 13.1. The van der Waals surface area contributed by atoms with Gasteiger partial charge in [0.1, 0.15) is 5.56 Å². The van der Waals surface area contributed by atoms with E-state index >= 15 is 0 Å². The molecule has 24 heavy (non-hydrogen) atoms. The van der Waals surface area contributed by atoms with E-state index in [1.165, 1.54) is 20.3 Å². The van der Waals surface area contributed by atoms with Crippen molar-refractivity contribution in [2.45, 2.75) is 0 Å². The van der Waals surface area contributed by atoms with Crippen LogP contribution in [0.1, 0.15) is 10.4 Å². The predicted octanol–water partition coefficient (Wildman–Crippen LogP) is 2.85. The number of nitrogens with one attached hydrogen (secondary N) is 1. The van der Waals surface area contributed by atoms with Gasteiger partial charge in [-0.2, -0.15) is 5.10 Å². The van der Waals surface area contributed by atoms with Crippen molar-refractivity contribution < 1.29 is 19.4 Å². The second-order valence-corrected chi connectivity index (χ2v) is 4.96. The lowest BCUT2D eigenvalue weighted by Crippen LogP contribution is -2.03. The highest BCUT2D eigenvalue weighted by Gasteiger charge is 2.20. The molecule has 0 fully saturated rings. The third kappa shape index (κ3) is 2.67. The van der Waals surface area contributed by atoms with Gasteiger partial charge in [0.15, 0.2) is 11.5 Å². The molecule has 0 bridgehead atoms. The van der Waals surface area contributed by atoms with E-state index in [1.807, 2.05) is 12.1 Å². The first kappa shape index (κ1) is 15.5. The maximum Gasteiger partial charge on any atom is 0.339 e. The molecule has 2 heterocycles. The Morgan fingerprint density at radius 2 is 2.00 bits per heavy atom. The zero-order chi connectivity index (χ0) is 17.1. The van der Waals surface area contributed by atoms with Crippen LogP contribution in [0.3, 0.4) is 0 Å². The summed E-state index contributed by atoms with van der Waals surface area (Å²) in [5.41, 5.74) is 3.00. The summed E-state index contributed by atoms with van der Waals surface area (Å²) in [4.78, 5) is 15.7. The van der Waals surface area contributed by atoms with Crippen LogP contribution in [0.15, 0.2) is 42.9 Å². The third-order valence-corrected chi connectivity index (χ3v) is 3.61. The highest BCUT2D eigenvalue weighted by Crippen LogP contribution is 2.38. The molecule has 2 N–H and O–H groups in total. The summed E-state index contributed by atoms with van der Waals surface area (Å²) in [5.74, 6) is -0.579. The van der Waals surface area contributed by atoms with Gasteiger partial charge in [-0.25, -0.2) is 4.79 Å². The largest absolute Gasteiger partial charge is 0.493 e. The number of methoxy groups -OCH3 is 2. The van der Waals surface area contributed by atoms with Crippen LogP contribution >= 0.6 is 0 Å². The molecule has 0 saturated carbocycles. The standard InChI is InChI=1S/C17H15N3O4/c1-23-14-7-11(6-12(17(21)22)16(14)24-2)13-9-19-20-15(13)10-4-3-5-18-8-10/h3-9H,1-2H3,(H,19,20)(H,21,22). The molecule has 3 aromatic rings. The SMILES string of the molecule is COc1cc(-c2cn[nH]c2-c2cccnc2)cc(C(=O)O)c1OC. The van der Waals surface area contributed by atoms with E-state index in [9.17, 15) is 9.90 Å². The van der Waals surface area contributed by atoms with Crippen LogP contribution in [0.5, 0.6) is 11.5 Å².